The fourth-order valence-electron chi connectivity index (χ4n) is 0.892. The van der Waals surface area contributed by atoms with E-state index in [0.717, 1.165) is 0 Å². The van der Waals surface area contributed by atoms with Gasteiger partial charge in [0.2, 0.25) is 0 Å². The average molecular weight is 193 g/mol. The lowest BCUT2D eigenvalue weighted by molar-refractivity contribution is -0.135. The molecule has 0 unspecified atom stereocenters. The second kappa shape index (κ2) is 5.01. The van der Waals surface area contributed by atoms with E-state index >= 15 is 0 Å². The van der Waals surface area contributed by atoms with Gasteiger partial charge < -0.3 is 9.84 Å². The molecule has 0 aliphatic carbocycles. The smallest absolute Gasteiger partial charge is 0.307 e. The van der Waals surface area contributed by atoms with E-state index in [-0.39, 0.29) is 6.42 Å². The van der Waals surface area contributed by atoms with E-state index in [2.05, 4.69) is 4.98 Å². The SMILES string of the molecule is COc1ccc(C=CCC(=O)O)nc1. The molecule has 0 aromatic carbocycles. The third kappa shape index (κ3) is 3.26. The van der Waals surface area contributed by atoms with Crippen molar-refractivity contribution in [3.05, 3.63) is 30.1 Å². The molecule has 4 nitrogen and oxygen atoms in total. The first-order chi connectivity index (χ1) is 6.72. The van der Waals surface area contributed by atoms with Crippen molar-refractivity contribution < 1.29 is 14.6 Å². The highest BCUT2D eigenvalue weighted by Crippen LogP contribution is 2.08. The summed E-state index contributed by atoms with van der Waals surface area (Å²) in [5.74, 6) is -0.171. The molecule has 0 saturated heterocycles. The Balaban J connectivity index is 2.59. The molecule has 1 rings (SSSR count). The van der Waals surface area contributed by atoms with Crippen molar-refractivity contribution in [3.63, 3.8) is 0 Å². The highest BCUT2D eigenvalue weighted by molar-refractivity contribution is 5.70. The zero-order valence-corrected chi connectivity index (χ0v) is 7.80. The third-order valence-corrected chi connectivity index (χ3v) is 1.58. The van der Waals surface area contributed by atoms with Gasteiger partial charge in [0.15, 0.2) is 0 Å². The van der Waals surface area contributed by atoms with E-state index in [0.29, 0.717) is 11.4 Å². The maximum Gasteiger partial charge on any atom is 0.307 e. The van der Waals surface area contributed by atoms with Crippen LogP contribution in [0.4, 0.5) is 0 Å². The Morgan fingerprint density at radius 2 is 2.43 bits per heavy atom. The zero-order chi connectivity index (χ0) is 10.4. The van der Waals surface area contributed by atoms with Crippen LogP contribution < -0.4 is 4.74 Å². The summed E-state index contributed by atoms with van der Waals surface area (Å²) in [5, 5.41) is 8.38. The summed E-state index contributed by atoms with van der Waals surface area (Å²) in [6.07, 6.45) is 4.80. The molecule has 1 aromatic heterocycles. The van der Waals surface area contributed by atoms with Gasteiger partial charge in [0.05, 0.1) is 25.4 Å². The topological polar surface area (TPSA) is 59.4 Å². The number of methoxy groups -OCH3 is 1. The van der Waals surface area contributed by atoms with E-state index in [1.807, 2.05) is 0 Å². The van der Waals surface area contributed by atoms with Crippen LogP contribution in [0, 0.1) is 0 Å². The number of aliphatic carboxylic acids is 1. The Morgan fingerprint density at radius 3 is 2.93 bits per heavy atom. The van der Waals surface area contributed by atoms with Crippen molar-refractivity contribution in [2.45, 2.75) is 6.42 Å². The van der Waals surface area contributed by atoms with E-state index in [9.17, 15) is 4.79 Å². The van der Waals surface area contributed by atoms with Gasteiger partial charge in [0, 0.05) is 0 Å². The van der Waals surface area contributed by atoms with E-state index in [1.165, 1.54) is 0 Å². The standard InChI is InChI=1S/C10H11NO3/c1-14-9-6-5-8(11-7-9)3-2-4-10(12)13/h2-3,5-7H,4H2,1H3,(H,12,13). The lowest BCUT2D eigenvalue weighted by atomic mass is 10.3. The van der Waals surface area contributed by atoms with Crippen molar-refractivity contribution in [2.24, 2.45) is 0 Å². The molecule has 0 bridgehead atoms. The third-order valence-electron chi connectivity index (χ3n) is 1.58. The number of carbonyl (C=O) groups is 1. The highest BCUT2D eigenvalue weighted by atomic mass is 16.5. The van der Waals surface area contributed by atoms with Crippen LogP contribution in [0.25, 0.3) is 6.08 Å². The number of pyridine rings is 1. The normalized spacial score (nSPS) is 10.4. The monoisotopic (exact) mass is 193 g/mol. The molecular formula is C10H11NO3. The number of carboxylic acid groups (broad SMARTS) is 1. The predicted molar refractivity (Wildman–Crippen MR) is 52.1 cm³/mol. The largest absolute Gasteiger partial charge is 0.495 e. The number of rotatable bonds is 4. The van der Waals surface area contributed by atoms with Crippen molar-refractivity contribution in [1.82, 2.24) is 4.98 Å². The Labute approximate surface area is 81.9 Å². The fourth-order valence-corrected chi connectivity index (χ4v) is 0.892. The first kappa shape index (κ1) is 10.2. The highest BCUT2D eigenvalue weighted by Gasteiger charge is 1.92. The molecular weight excluding hydrogens is 182 g/mol. The Kier molecular flexibility index (Phi) is 3.67. The summed E-state index contributed by atoms with van der Waals surface area (Å²) >= 11 is 0. The molecule has 1 N–H and O–H groups in total. The number of aromatic nitrogens is 1. The quantitative estimate of drug-likeness (QED) is 0.788. The van der Waals surface area contributed by atoms with Crippen molar-refractivity contribution >= 4 is 12.0 Å². The average Bonchev–Trinajstić information content (AvgIpc) is 2.18. The van der Waals surface area contributed by atoms with E-state index < -0.39 is 5.97 Å². The molecule has 0 aliphatic heterocycles. The Hall–Kier alpha value is -1.84. The fraction of sp³-hybridized carbons (Fsp3) is 0.200. The van der Waals surface area contributed by atoms with Crippen LogP contribution in [0.1, 0.15) is 12.1 Å². The second-order valence-electron chi connectivity index (χ2n) is 2.62. The molecule has 0 amide bonds. The number of carboxylic acids is 1. The molecule has 1 heterocycles. The van der Waals surface area contributed by atoms with Crippen LogP contribution in [0.15, 0.2) is 24.4 Å². The first-order valence-electron chi connectivity index (χ1n) is 4.11. The van der Waals surface area contributed by atoms with Crippen LogP contribution in [-0.4, -0.2) is 23.2 Å². The number of hydrogen-bond acceptors (Lipinski definition) is 3. The van der Waals surface area contributed by atoms with Crippen molar-refractivity contribution in [2.75, 3.05) is 7.11 Å². The number of hydrogen-bond donors (Lipinski definition) is 1. The molecule has 0 fully saturated rings. The molecule has 14 heavy (non-hydrogen) atoms. The van der Waals surface area contributed by atoms with Gasteiger partial charge in [-0.05, 0) is 18.2 Å². The number of ether oxygens (including phenoxy) is 1. The number of nitrogens with zero attached hydrogens (tertiary/aromatic N) is 1. The minimum atomic E-state index is -0.852. The molecule has 0 atom stereocenters. The summed E-state index contributed by atoms with van der Waals surface area (Å²) in [7, 11) is 1.57. The minimum Gasteiger partial charge on any atom is -0.495 e. The molecule has 4 heteroatoms. The molecule has 1 aromatic rings. The van der Waals surface area contributed by atoms with Crippen LogP contribution >= 0.6 is 0 Å². The molecule has 0 radical (unpaired) electrons. The van der Waals surface area contributed by atoms with Gasteiger partial charge in [-0.3, -0.25) is 9.78 Å². The lowest BCUT2D eigenvalue weighted by Gasteiger charge is -1.97. The molecule has 74 valence electrons. The first-order valence-corrected chi connectivity index (χ1v) is 4.11. The van der Waals surface area contributed by atoms with Crippen molar-refractivity contribution in [1.29, 1.82) is 0 Å². The zero-order valence-electron chi connectivity index (χ0n) is 7.80. The van der Waals surface area contributed by atoms with Gasteiger partial charge >= 0.3 is 5.97 Å². The maximum absolute atomic E-state index is 10.2. The van der Waals surface area contributed by atoms with Crippen LogP contribution in [-0.2, 0) is 4.79 Å². The van der Waals surface area contributed by atoms with Gasteiger partial charge in [0.25, 0.3) is 0 Å². The summed E-state index contributed by atoms with van der Waals surface area (Å²) in [6, 6.07) is 3.53. The van der Waals surface area contributed by atoms with Crippen LogP contribution in [0.5, 0.6) is 5.75 Å². The van der Waals surface area contributed by atoms with E-state index in [4.69, 9.17) is 9.84 Å². The van der Waals surface area contributed by atoms with Gasteiger partial charge in [0.1, 0.15) is 5.75 Å². The summed E-state index contributed by atoms with van der Waals surface area (Å²) < 4.78 is 4.93. The summed E-state index contributed by atoms with van der Waals surface area (Å²) in [6.45, 7) is 0. The molecule has 0 saturated carbocycles. The van der Waals surface area contributed by atoms with Crippen molar-refractivity contribution in [3.8, 4) is 5.75 Å². The predicted octanol–water partition coefficient (Wildman–Crippen LogP) is 1.58. The lowest BCUT2D eigenvalue weighted by Crippen LogP contribution is -1.90. The van der Waals surface area contributed by atoms with E-state index in [1.54, 1.807) is 37.6 Å². The summed E-state index contributed by atoms with van der Waals surface area (Å²) in [5.41, 5.74) is 0.715. The van der Waals surface area contributed by atoms with Gasteiger partial charge in [-0.1, -0.05) is 6.08 Å². The van der Waals surface area contributed by atoms with Crippen LogP contribution in [0.2, 0.25) is 0 Å². The molecule has 0 spiro atoms. The van der Waals surface area contributed by atoms with Gasteiger partial charge in [-0.25, -0.2) is 0 Å². The summed E-state index contributed by atoms with van der Waals surface area (Å²) in [4.78, 5) is 14.2. The molecule has 0 aliphatic rings. The Bertz CT molecular complexity index is 330. The minimum absolute atomic E-state index is 0.00765. The maximum atomic E-state index is 10.2. The Morgan fingerprint density at radius 1 is 1.64 bits per heavy atom. The van der Waals surface area contributed by atoms with Gasteiger partial charge in [-0.15, -0.1) is 0 Å². The van der Waals surface area contributed by atoms with Crippen LogP contribution in [0.3, 0.4) is 0 Å². The van der Waals surface area contributed by atoms with Gasteiger partial charge in [-0.2, -0.15) is 0 Å². The second-order valence-corrected chi connectivity index (χ2v) is 2.62.